The molecule has 1 unspecified atom stereocenters. The predicted octanol–water partition coefficient (Wildman–Crippen LogP) is 1.89. The second-order valence-corrected chi connectivity index (χ2v) is 4.01. The predicted molar refractivity (Wildman–Crippen MR) is 56.9 cm³/mol. The molecule has 0 radical (unpaired) electrons. The van der Waals surface area contributed by atoms with Crippen LogP contribution in [0.1, 0.15) is 11.8 Å². The van der Waals surface area contributed by atoms with Crippen LogP contribution in [-0.4, -0.2) is 26.0 Å². The first-order valence-corrected chi connectivity index (χ1v) is 5.11. The summed E-state index contributed by atoms with van der Waals surface area (Å²) < 4.78 is 10.5. The van der Waals surface area contributed by atoms with Crippen LogP contribution in [0.4, 0.5) is 5.69 Å². The second kappa shape index (κ2) is 3.25. The molecule has 1 N–H and O–H groups in total. The van der Waals surface area contributed by atoms with E-state index in [-0.39, 0.29) is 0 Å². The van der Waals surface area contributed by atoms with E-state index in [1.807, 2.05) is 18.4 Å². The van der Waals surface area contributed by atoms with Gasteiger partial charge in [-0.2, -0.15) is 4.99 Å². The Morgan fingerprint density at radius 3 is 2.93 bits per heavy atom. The van der Waals surface area contributed by atoms with Crippen LogP contribution in [0.15, 0.2) is 16.4 Å². The van der Waals surface area contributed by atoms with Crippen molar-refractivity contribution < 1.29 is 9.47 Å². The minimum absolute atomic E-state index is 0.623. The van der Waals surface area contributed by atoms with E-state index in [9.17, 15) is 0 Å². The molecule has 2 rings (SSSR count). The molecular formula is C9H12N2O2S. The van der Waals surface area contributed by atoms with Gasteiger partial charge in [-0.05, 0) is 11.4 Å². The summed E-state index contributed by atoms with van der Waals surface area (Å²) in [4.78, 5) is 5.35. The Kier molecular flexibility index (Phi) is 2.20. The van der Waals surface area contributed by atoms with Crippen LogP contribution in [0.3, 0.4) is 0 Å². The fraction of sp³-hybridized carbons (Fsp3) is 0.444. The number of anilines is 1. The maximum absolute atomic E-state index is 5.26. The average Bonchev–Trinajstić information content (AvgIpc) is 2.64. The van der Waals surface area contributed by atoms with Crippen LogP contribution in [0.5, 0.6) is 0 Å². The van der Waals surface area contributed by atoms with Gasteiger partial charge in [0.15, 0.2) is 0 Å². The quantitative estimate of drug-likeness (QED) is 0.773. The smallest absolute Gasteiger partial charge is 0.237 e. The Morgan fingerprint density at radius 1 is 1.50 bits per heavy atom. The lowest BCUT2D eigenvalue weighted by atomic mass is 10.3. The molecule has 0 fully saturated rings. The van der Waals surface area contributed by atoms with Crippen LogP contribution < -0.4 is 5.32 Å². The van der Waals surface area contributed by atoms with E-state index in [1.165, 1.54) is 0 Å². The monoisotopic (exact) mass is 212 g/mol. The molecule has 5 heteroatoms. The third-order valence-electron chi connectivity index (χ3n) is 2.13. The molecule has 14 heavy (non-hydrogen) atoms. The third-order valence-corrected chi connectivity index (χ3v) is 3.03. The van der Waals surface area contributed by atoms with Crippen molar-refractivity contribution in [1.29, 1.82) is 0 Å². The van der Waals surface area contributed by atoms with Gasteiger partial charge >= 0.3 is 0 Å². The van der Waals surface area contributed by atoms with Crippen LogP contribution in [0.2, 0.25) is 0 Å². The lowest BCUT2D eigenvalue weighted by Crippen LogP contribution is -2.39. The molecule has 4 nitrogen and oxygen atoms in total. The number of ether oxygens (including phenoxy) is 2. The zero-order valence-corrected chi connectivity index (χ0v) is 9.14. The van der Waals surface area contributed by atoms with Crippen LogP contribution in [0.25, 0.3) is 0 Å². The van der Waals surface area contributed by atoms with Gasteiger partial charge in [0, 0.05) is 14.0 Å². The van der Waals surface area contributed by atoms with Gasteiger partial charge in [-0.1, -0.05) is 0 Å². The van der Waals surface area contributed by atoms with Crippen molar-refractivity contribution >= 4 is 22.9 Å². The van der Waals surface area contributed by atoms with Crippen molar-refractivity contribution in [2.24, 2.45) is 4.99 Å². The highest BCUT2D eigenvalue weighted by atomic mass is 32.1. The van der Waals surface area contributed by atoms with Gasteiger partial charge in [0.25, 0.3) is 0 Å². The standard InChI is InChI=1S/C9H12N2O2S/c1-9(13-3)10-6-4-5-14-7(6)8(11-9)12-2/h4-5,10H,1-3H3. The molecule has 76 valence electrons. The summed E-state index contributed by atoms with van der Waals surface area (Å²) in [6.07, 6.45) is 0. The summed E-state index contributed by atoms with van der Waals surface area (Å²) in [5, 5.41) is 5.18. The van der Waals surface area contributed by atoms with Gasteiger partial charge in [0.05, 0.1) is 12.8 Å². The number of hydrogen-bond donors (Lipinski definition) is 1. The van der Waals surface area contributed by atoms with Crippen LogP contribution in [0, 0.1) is 0 Å². The maximum Gasteiger partial charge on any atom is 0.237 e. The van der Waals surface area contributed by atoms with Gasteiger partial charge in [-0.3, -0.25) is 0 Å². The topological polar surface area (TPSA) is 42.9 Å². The molecule has 0 aromatic carbocycles. The molecule has 1 aliphatic rings. The third kappa shape index (κ3) is 1.38. The van der Waals surface area contributed by atoms with E-state index in [4.69, 9.17) is 9.47 Å². The zero-order valence-electron chi connectivity index (χ0n) is 8.33. The first kappa shape index (κ1) is 9.48. The highest BCUT2D eigenvalue weighted by Crippen LogP contribution is 2.32. The largest absolute Gasteiger partial charge is 0.480 e. The number of hydrogen-bond acceptors (Lipinski definition) is 5. The SMILES string of the molecule is COC1=NC(C)(OC)Nc2ccsc21. The molecule has 1 aromatic heterocycles. The number of methoxy groups -OCH3 is 2. The Labute approximate surface area is 86.6 Å². The summed E-state index contributed by atoms with van der Waals surface area (Å²) >= 11 is 1.60. The van der Waals surface area contributed by atoms with E-state index in [2.05, 4.69) is 10.3 Å². The number of thiophene rings is 1. The van der Waals surface area contributed by atoms with E-state index >= 15 is 0 Å². The Morgan fingerprint density at radius 2 is 2.29 bits per heavy atom. The van der Waals surface area contributed by atoms with Crippen molar-refractivity contribution in [3.05, 3.63) is 16.3 Å². The van der Waals surface area contributed by atoms with E-state index < -0.39 is 5.85 Å². The molecule has 0 aliphatic carbocycles. The Hall–Kier alpha value is -1.07. The number of nitrogens with one attached hydrogen (secondary N) is 1. The molecule has 2 heterocycles. The molecule has 0 spiro atoms. The van der Waals surface area contributed by atoms with Crippen molar-refractivity contribution in [3.8, 4) is 0 Å². The number of rotatable bonds is 1. The van der Waals surface area contributed by atoms with Crippen molar-refractivity contribution in [3.63, 3.8) is 0 Å². The molecular weight excluding hydrogens is 200 g/mol. The van der Waals surface area contributed by atoms with E-state index in [1.54, 1.807) is 25.6 Å². The molecule has 1 aliphatic heterocycles. The summed E-state index contributed by atoms with van der Waals surface area (Å²) in [6.45, 7) is 1.85. The number of aliphatic imine (C=N–C) groups is 1. The lowest BCUT2D eigenvalue weighted by Gasteiger charge is -2.30. The summed E-state index contributed by atoms with van der Waals surface area (Å²) in [5.74, 6) is -0.0996. The minimum atomic E-state index is -0.723. The first-order chi connectivity index (χ1) is 6.68. The molecule has 0 saturated carbocycles. The van der Waals surface area contributed by atoms with Gasteiger partial charge < -0.3 is 14.8 Å². The van der Waals surface area contributed by atoms with Crippen molar-refractivity contribution in [2.45, 2.75) is 12.8 Å². The number of fused-ring (bicyclic) bond motifs is 1. The Balaban J connectivity index is 2.45. The van der Waals surface area contributed by atoms with Gasteiger partial charge in [0.2, 0.25) is 11.7 Å². The summed E-state index contributed by atoms with van der Waals surface area (Å²) in [6, 6.07) is 1.99. The van der Waals surface area contributed by atoms with Gasteiger partial charge in [-0.15, -0.1) is 11.3 Å². The van der Waals surface area contributed by atoms with E-state index in [0.29, 0.717) is 5.90 Å². The molecule has 1 atom stereocenters. The molecule has 1 aromatic rings. The average molecular weight is 212 g/mol. The summed E-state index contributed by atoms with van der Waals surface area (Å²) in [5.41, 5.74) is 1.01. The fourth-order valence-electron chi connectivity index (χ4n) is 1.33. The Bertz CT molecular complexity index is 375. The van der Waals surface area contributed by atoms with Crippen molar-refractivity contribution in [2.75, 3.05) is 19.5 Å². The maximum atomic E-state index is 5.26. The van der Waals surface area contributed by atoms with Crippen LogP contribution in [-0.2, 0) is 9.47 Å². The van der Waals surface area contributed by atoms with Gasteiger partial charge in [-0.25, -0.2) is 0 Å². The first-order valence-electron chi connectivity index (χ1n) is 4.23. The molecule has 0 amide bonds. The second-order valence-electron chi connectivity index (χ2n) is 3.10. The molecule has 0 saturated heterocycles. The van der Waals surface area contributed by atoms with Crippen molar-refractivity contribution in [1.82, 2.24) is 0 Å². The summed E-state index contributed by atoms with van der Waals surface area (Å²) in [7, 11) is 3.23. The normalized spacial score (nSPS) is 24.9. The fourth-order valence-corrected chi connectivity index (χ4v) is 2.15. The highest BCUT2D eigenvalue weighted by Gasteiger charge is 2.31. The molecule has 0 bridgehead atoms. The highest BCUT2D eigenvalue weighted by molar-refractivity contribution is 7.12. The van der Waals surface area contributed by atoms with Crippen LogP contribution >= 0.6 is 11.3 Å². The lowest BCUT2D eigenvalue weighted by molar-refractivity contribution is 0.0363. The van der Waals surface area contributed by atoms with E-state index in [0.717, 1.165) is 10.6 Å². The van der Waals surface area contributed by atoms with Gasteiger partial charge in [0.1, 0.15) is 4.88 Å². The minimum Gasteiger partial charge on any atom is -0.480 e. The zero-order chi connectivity index (χ0) is 10.2. The number of nitrogens with zero attached hydrogens (tertiary/aromatic N) is 1.